The summed E-state index contributed by atoms with van der Waals surface area (Å²) in [5, 5.41) is 0. The van der Waals surface area contributed by atoms with Crippen LogP contribution in [0.3, 0.4) is 0 Å². The smallest absolute Gasteiger partial charge is 0.328 e. The lowest BCUT2D eigenvalue weighted by Crippen LogP contribution is -1.58. The van der Waals surface area contributed by atoms with Crippen LogP contribution in [0.25, 0.3) is 0 Å². The van der Waals surface area contributed by atoms with Gasteiger partial charge in [0, 0.05) is 9.13 Å². The summed E-state index contributed by atoms with van der Waals surface area (Å²) < 4.78 is 22.2. The highest BCUT2D eigenvalue weighted by Gasteiger charge is 2.31. The largest absolute Gasteiger partial charge is 0.745 e. The van der Waals surface area contributed by atoms with Crippen molar-refractivity contribution in [1.29, 1.82) is 0 Å². The van der Waals surface area contributed by atoms with E-state index in [1.54, 1.807) is 0 Å². The average molecular weight is 226 g/mol. The van der Waals surface area contributed by atoms with Crippen LogP contribution in [-0.2, 0) is 13.4 Å². The summed E-state index contributed by atoms with van der Waals surface area (Å²) in [4.78, 5) is 37.0. The first-order chi connectivity index (χ1) is 4.86. The Morgan fingerprint density at radius 3 is 1.18 bits per heavy atom. The van der Waals surface area contributed by atoms with E-state index in [-0.39, 0.29) is 0 Å². The summed E-state index contributed by atoms with van der Waals surface area (Å²) in [6.07, 6.45) is 0. The molecule has 0 aromatic heterocycles. The van der Waals surface area contributed by atoms with Gasteiger partial charge in [0.05, 0.1) is 0 Å². The van der Waals surface area contributed by atoms with Crippen molar-refractivity contribution in [1.82, 2.24) is 0 Å². The third kappa shape index (κ3) is 37.9. The van der Waals surface area contributed by atoms with Crippen LogP contribution in [0, 0.1) is 0 Å². The molecule has 0 aliphatic rings. The Bertz CT molecular complexity index is 113. The fraction of sp³-hybridized carbons (Fsp3) is 0. The molecule has 0 aliphatic carbocycles. The second-order valence-corrected chi connectivity index (χ2v) is 2.97. The van der Waals surface area contributed by atoms with E-state index in [4.69, 9.17) is 24.5 Å². The maximum Gasteiger partial charge on any atom is 0.745 e. The molecule has 66 valence electrons. The van der Waals surface area contributed by atoms with Crippen molar-refractivity contribution < 1.29 is 37.9 Å². The molecule has 0 rings (SSSR count). The van der Waals surface area contributed by atoms with Gasteiger partial charge in [0.1, 0.15) is 0 Å². The predicted octanol–water partition coefficient (Wildman–Crippen LogP) is -0.507. The molecule has 0 aromatic rings. The fourth-order valence-corrected chi connectivity index (χ4v) is 0.538. The van der Waals surface area contributed by atoms with E-state index in [2.05, 4.69) is 4.31 Å². The van der Waals surface area contributed by atoms with Gasteiger partial charge in [-0.05, 0) is 0 Å². The van der Waals surface area contributed by atoms with E-state index in [1.165, 1.54) is 0 Å². The maximum atomic E-state index is 9.39. The zero-order valence-electron chi connectivity index (χ0n) is 4.80. The Kier molecular flexibility index (Phi) is 10.8. The molecular weight excluding hydrogens is 221 g/mol. The SMILES string of the molecule is O=[P+](O)O[P+](=O)O.OP(O)O. The molecule has 0 fully saturated rings. The van der Waals surface area contributed by atoms with Crippen molar-refractivity contribution in [3.05, 3.63) is 0 Å². The molecule has 0 bridgehead atoms. The molecular formula is H5O8P3+2. The fourth-order valence-electron chi connectivity index (χ4n) is 0.0598. The molecule has 0 amide bonds. The number of hydrogen-bond acceptors (Lipinski definition) is 6. The molecule has 11 heavy (non-hydrogen) atoms. The van der Waals surface area contributed by atoms with Crippen LogP contribution in [0.5, 0.6) is 0 Å². The minimum atomic E-state index is -2.92. The van der Waals surface area contributed by atoms with Gasteiger partial charge in [0.25, 0.3) is 0 Å². The summed E-state index contributed by atoms with van der Waals surface area (Å²) in [6, 6.07) is 0. The lowest BCUT2D eigenvalue weighted by Gasteiger charge is -1.76. The zero-order valence-corrected chi connectivity index (χ0v) is 7.49. The number of hydrogen-bond donors (Lipinski definition) is 5. The summed E-state index contributed by atoms with van der Waals surface area (Å²) in [5.41, 5.74) is 0. The van der Waals surface area contributed by atoms with E-state index < -0.39 is 25.1 Å². The van der Waals surface area contributed by atoms with Gasteiger partial charge < -0.3 is 14.7 Å². The van der Waals surface area contributed by atoms with Gasteiger partial charge in [-0.3, -0.25) is 0 Å². The minimum absolute atomic E-state index is 2.62. The van der Waals surface area contributed by atoms with Gasteiger partial charge >= 0.3 is 25.1 Å². The van der Waals surface area contributed by atoms with Gasteiger partial charge in [-0.1, -0.05) is 0 Å². The molecule has 2 unspecified atom stereocenters. The standard InChI is InChI=1S/O5P2.H3O3P/c1-6(2)5-7(3)4;1-4(2)3/h;1-3H/p+2. The molecule has 0 saturated carbocycles. The summed E-state index contributed by atoms with van der Waals surface area (Å²) in [6.45, 7) is 0. The van der Waals surface area contributed by atoms with Crippen molar-refractivity contribution >= 4 is 25.1 Å². The van der Waals surface area contributed by atoms with E-state index in [9.17, 15) is 9.13 Å². The summed E-state index contributed by atoms with van der Waals surface area (Å²) >= 11 is 0. The molecule has 0 saturated heterocycles. The second-order valence-electron chi connectivity index (χ2n) is 0.826. The molecule has 0 aliphatic heterocycles. The van der Waals surface area contributed by atoms with Gasteiger partial charge in [-0.25, -0.2) is 0 Å². The Balaban J connectivity index is 0. The van der Waals surface area contributed by atoms with Crippen molar-refractivity contribution in [3.8, 4) is 0 Å². The van der Waals surface area contributed by atoms with Crippen molar-refractivity contribution in [2.75, 3.05) is 0 Å². The Hall–Kier alpha value is 0.390. The first kappa shape index (κ1) is 13.9. The topological polar surface area (TPSA) is 145 Å². The summed E-state index contributed by atoms with van der Waals surface area (Å²) in [7, 11) is -8.47. The molecule has 5 N–H and O–H groups in total. The first-order valence-electron chi connectivity index (χ1n) is 1.73. The zero-order chi connectivity index (χ0) is 9.44. The van der Waals surface area contributed by atoms with Gasteiger partial charge in [0.2, 0.25) is 0 Å². The van der Waals surface area contributed by atoms with Crippen LogP contribution in [0.4, 0.5) is 0 Å². The molecule has 0 aromatic carbocycles. The molecule has 0 heterocycles. The second kappa shape index (κ2) is 8.49. The van der Waals surface area contributed by atoms with E-state index in [0.29, 0.717) is 0 Å². The van der Waals surface area contributed by atoms with E-state index in [0.717, 1.165) is 0 Å². The minimum Gasteiger partial charge on any atom is -0.328 e. The van der Waals surface area contributed by atoms with E-state index in [1.807, 2.05) is 0 Å². The highest BCUT2D eigenvalue weighted by molar-refractivity contribution is 7.46. The highest BCUT2D eigenvalue weighted by atomic mass is 31.2. The Morgan fingerprint density at radius 2 is 1.18 bits per heavy atom. The van der Waals surface area contributed by atoms with Crippen LogP contribution < -0.4 is 0 Å². The van der Waals surface area contributed by atoms with Gasteiger partial charge in [0.15, 0.2) is 4.31 Å². The lowest BCUT2D eigenvalue weighted by molar-refractivity contribution is 0.367. The highest BCUT2D eigenvalue weighted by Crippen LogP contribution is 2.30. The molecule has 0 radical (unpaired) electrons. The first-order valence-corrected chi connectivity index (χ1v) is 5.19. The third-order valence-corrected chi connectivity index (χ3v) is 1.26. The van der Waals surface area contributed by atoms with Gasteiger partial charge in [-0.15, -0.1) is 9.79 Å². The van der Waals surface area contributed by atoms with Crippen LogP contribution in [0.1, 0.15) is 0 Å². The quantitative estimate of drug-likeness (QED) is 0.396. The Labute approximate surface area is 64.0 Å². The average Bonchev–Trinajstić information content (AvgIpc) is 1.56. The van der Waals surface area contributed by atoms with Crippen molar-refractivity contribution in [2.24, 2.45) is 0 Å². The molecule has 11 heteroatoms. The van der Waals surface area contributed by atoms with Crippen molar-refractivity contribution in [2.45, 2.75) is 0 Å². The molecule has 8 nitrogen and oxygen atoms in total. The predicted molar refractivity (Wildman–Crippen MR) is 34.3 cm³/mol. The van der Waals surface area contributed by atoms with Crippen molar-refractivity contribution in [3.63, 3.8) is 0 Å². The molecule has 0 spiro atoms. The van der Waals surface area contributed by atoms with E-state index >= 15 is 0 Å². The van der Waals surface area contributed by atoms with Gasteiger partial charge in [-0.2, -0.15) is 0 Å². The maximum absolute atomic E-state index is 9.39. The van der Waals surface area contributed by atoms with Crippen LogP contribution in [-0.4, -0.2) is 24.5 Å². The molecule has 2 atom stereocenters. The Morgan fingerprint density at radius 1 is 1.00 bits per heavy atom. The third-order valence-electron chi connectivity index (χ3n) is 0.140. The number of rotatable bonds is 2. The van der Waals surface area contributed by atoms with Crippen LogP contribution in [0.2, 0.25) is 0 Å². The lowest BCUT2D eigenvalue weighted by atomic mass is 15.8. The summed E-state index contributed by atoms with van der Waals surface area (Å²) in [5.74, 6) is 0. The normalized spacial score (nSPS) is 11.8. The monoisotopic (exact) mass is 226 g/mol. The van der Waals surface area contributed by atoms with Crippen LogP contribution in [0.15, 0.2) is 0 Å². The van der Waals surface area contributed by atoms with Crippen LogP contribution >= 0.6 is 25.1 Å².